The fraction of sp³-hybridized carbons (Fsp3) is 0.222. The van der Waals surface area contributed by atoms with Gasteiger partial charge in [-0.1, -0.05) is 30.3 Å². The highest BCUT2D eigenvalue weighted by atomic mass is 35.5. The van der Waals surface area contributed by atoms with Crippen LogP contribution in [0, 0.1) is 0 Å². The van der Waals surface area contributed by atoms with Crippen LogP contribution in [-0.2, 0) is 0 Å². The first-order valence-corrected chi connectivity index (χ1v) is 7.37. The lowest BCUT2D eigenvalue weighted by atomic mass is 9.97. The van der Waals surface area contributed by atoms with Crippen LogP contribution in [0.4, 0.5) is 0 Å². The van der Waals surface area contributed by atoms with E-state index < -0.39 is 0 Å². The first kappa shape index (κ1) is 15.5. The van der Waals surface area contributed by atoms with Gasteiger partial charge in [0.2, 0.25) is 0 Å². The molecule has 0 bridgehead atoms. The molecule has 0 heterocycles. The average molecular weight is 303 g/mol. The second-order valence-corrected chi connectivity index (χ2v) is 4.93. The van der Waals surface area contributed by atoms with Gasteiger partial charge in [-0.25, -0.2) is 0 Å². The van der Waals surface area contributed by atoms with E-state index >= 15 is 0 Å². The van der Waals surface area contributed by atoms with Crippen LogP contribution in [0.3, 0.4) is 0 Å². The molecule has 3 heteroatoms. The smallest absolute Gasteiger partial charge is 0.118 e. The third-order valence-corrected chi connectivity index (χ3v) is 3.48. The first-order chi connectivity index (χ1) is 10.3. The van der Waals surface area contributed by atoms with Crippen LogP contribution in [0.2, 0.25) is 0 Å². The molecule has 0 N–H and O–H groups in total. The quantitative estimate of drug-likeness (QED) is 0.716. The number of rotatable bonds is 6. The first-order valence-electron chi connectivity index (χ1n) is 6.83. The number of halogens is 1. The second-order valence-electron chi connectivity index (χ2n) is 4.55. The molecule has 0 radical (unpaired) electrons. The van der Waals surface area contributed by atoms with E-state index in [0.717, 1.165) is 29.0 Å². The number of ether oxygens (including phenoxy) is 2. The Bertz CT molecular complexity index is 536. The van der Waals surface area contributed by atoms with Crippen LogP contribution in [0.25, 0.3) is 5.57 Å². The number of alkyl halides is 1. The summed E-state index contributed by atoms with van der Waals surface area (Å²) in [5.74, 6) is 2.31. The summed E-state index contributed by atoms with van der Waals surface area (Å²) in [5, 5.41) is 0. The minimum absolute atomic E-state index is 0.607. The zero-order valence-corrected chi connectivity index (χ0v) is 13.1. The number of methoxy groups -OCH3 is 2. The largest absolute Gasteiger partial charge is 0.497 e. The molecular weight excluding hydrogens is 284 g/mol. The van der Waals surface area contributed by atoms with E-state index in [9.17, 15) is 0 Å². The van der Waals surface area contributed by atoms with Gasteiger partial charge in [-0.15, -0.1) is 11.6 Å². The van der Waals surface area contributed by atoms with Crippen molar-refractivity contribution in [3.63, 3.8) is 0 Å². The summed E-state index contributed by atoms with van der Waals surface area (Å²) in [6.07, 6.45) is 2.99. The van der Waals surface area contributed by atoms with E-state index in [1.165, 1.54) is 5.57 Å². The predicted octanol–water partition coefficient (Wildman–Crippen LogP) is 4.76. The van der Waals surface area contributed by atoms with Crippen molar-refractivity contribution in [1.82, 2.24) is 0 Å². The maximum Gasteiger partial charge on any atom is 0.118 e. The Morgan fingerprint density at radius 2 is 1.29 bits per heavy atom. The fourth-order valence-electron chi connectivity index (χ4n) is 2.14. The third-order valence-electron chi connectivity index (χ3n) is 3.26. The molecule has 0 fully saturated rings. The van der Waals surface area contributed by atoms with Crippen molar-refractivity contribution in [2.75, 3.05) is 20.1 Å². The zero-order chi connectivity index (χ0) is 15.1. The molecule has 0 unspecified atom stereocenters. The molecule has 0 atom stereocenters. The lowest BCUT2D eigenvalue weighted by Gasteiger charge is -2.10. The summed E-state index contributed by atoms with van der Waals surface area (Å²) in [6.45, 7) is 0. The SMILES string of the molecule is COc1ccc(C(=CCCCl)c2ccc(OC)cc2)cc1. The topological polar surface area (TPSA) is 18.5 Å². The van der Waals surface area contributed by atoms with Gasteiger partial charge in [-0.3, -0.25) is 0 Å². The summed E-state index contributed by atoms with van der Waals surface area (Å²) in [7, 11) is 3.34. The highest BCUT2D eigenvalue weighted by molar-refractivity contribution is 6.18. The molecule has 110 valence electrons. The van der Waals surface area contributed by atoms with Crippen LogP contribution in [-0.4, -0.2) is 20.1 Å². The average Bonchev–Trinajstić information content (AvgIpc) is 2.56. The molecule has 0 aliphatic rings. The Labute approximate surface area is 131 Å². The maximum atomic E-state index is 5.83. The maximum absolute atomic E-state index is 5.83. The van der Waals surface area contributed by atoms with E-state index in [2.05, 4.69) is 30.3 Å². The Morgan fingerprint density at radius 3 is 1.62 bits per heavy atom. The van der Waals surface area contributed by atoms with Crippen LogP contribution in [0.5, 0.6) is 11.5 Å². The van der Waals surface area contributed by atoms with Gasteiger partial charge in [0.1, 0.15) is 11.5 Å². The van der Waals surface area contributed by atoms with Crippen molar-refractivity contribution in [3.05, 3.63) is 65.7 Å². The van der Waals surface area contributed by atoms with Crippen molar-refractivity contribution in [2.45, 2.75) is 6.42 Å². The zero-order valence-electron chi connectivity index (χ0n) is 12.3. The normalized spacial score (nSPS) is 10.0. The number of allylic oxidation sites excluding steroid dienone is 1. The van der Waals surface area contributed by atoms with E-state index in [4.69, 9.17) is 21.1 Å². The highest BCUT2D eigenvalue weighted by Crippen LogP contribution is 2.27. The minimum atomic E-state index is 0.607. The van der Waals surface area contributed by atoms with E-state index in [-0.39, 0.29) is 0 Å². The molecule has 0 amide bonds. The van der Waals surface area contributed by atoms with Crippen LogP contribution < -0.4 is 9.47 Å². The van der Waals surface area contributed by atoms with Crippen molar-refractivity contribution < 1.29 is 9.47 Å². The molecule has 0 aliphatic heterocycles. The van der Waals surface area contributed by atoms with Gasteiger partial charge in [-0.05, 0) is 47.4 Å². The molecular formula is C18H19ClO2. The van der Waals surface area contributed by atoms with Crippen molar-refractivity contribution in [2.24, 2.45) is 0 Å². The Hall–Kier alpha value is -1.93. The number of hydrogen-bond donors (Lipinski definition) is 0. The van der Waals surface area contributed by atoms with E-state index in [1.54, 1.807) is 14.2 Å². The second kappa shape index (κ2) is 7.75. The molecule has 0 saturated carbocycles. The van der Waals surface area contributed by atoms with Gasteiger partial charge in [-0.2, -0.15) is 0 Å². The molecule has 0 spiro atoms. The lowest BCUT2D eigenvalue weighted by molar-refractivity contribution is 0.414. The van der Waals surface area contributed by atoms with Gasteiger partial charge in [0, 0.05) is 5.88 Å². The number of benzene rings is 2. The van der Waals surface area contributed by atoms with Crippen LogP contribution in [0.1, 0.15) is 17.5 Å². The Morgan fingerprint density at radius 1 is 0.857 bits per heavy atom. The highest BCUT2D eigenvalue weighted by Gasteiger charge is 2.05. The summed E-state index contributed by atoms with van der Waals surface area (Å²) >= 11 is 5.83. The van der Waals surface area contributed by atoms with E-state index in [0.29, 0.717) is 5.88 Å². The van der Waals surface area contributed by atoms with Gasteiger partial charge >= 0.3 is 0 Å². The molecule has 2 aromatic carbocycles. The third kappa shape index (κ3) is 4.02. The molecule has 2 nitrogen and oxygen atoms in total. The van der Waals surface area contributed by atoms with Gasteiger partial charge in [0.05, 0.1) is 14.2 Å². The molecule has 2 aromatic rings. The Balaban J connectivity index is 2.36. The number of hydrogen-bond acceptors (Lipinski definition) is 2. The molecule has 0 saturated heterocycles. The Kier molecular flexibility index (Phi) is 5.70. The molecule has 0 aliphatic carbocycles. The summed E-state index contributed by atoms with van der Waals surface area (Å²) in [5.41, 5.74) is 3.46. The summed E-state index contributed by atoms with van der Waals surface area (Å²) < 4.78 is 10.4. The fourth-order valence-corrected chi connectivity index (χ4v) is 2.25. The molecule has 0 aromatic heterocycles. The predicted molar refractivity (Wildman–Crippen MR) is 88.4 cm³/mol. The lowest BCUT2D eigenvalue weighted by Crippen LogP contribution is -1.91. The van der Waals surface area contributed by atoms with Gasteiger partial charge in [0.15, 0.2) is 0 Å². The van der Waals surface area contributed by atoms with Crippen molar-refractivity contribution in [1.29, 1.82) is 0 Å². The standard InChI is InChI=1S/C18H19ClO2/c1-20-16-9-5-14(6-10-16)18(4-3-13-19)15-7-11-17(21-2)12-8-15/h4-12H,3,13H2,1-2H3. The van der Waals surface area contributed by atoms with Crippen LogP contribution in [0.15, 0.2) is 54.6 Å². The van der Waals surface area contributed by atoms with Crippen molar-refractivity contribution >= 4 is 17.2 Å². The monoisotopic (exact) mass is 302 g/mol. The van der Waals surface area contributed by atoms with Crippen LogP contribution >= 0.6 is 11.6 Å². The van der Waals surface area contributed by atoms with Crippen molar-refractivity contribution in [3.8, 4) is 11.5 Å². The van der Waals surface area contributed by atoms with Gasteiger partial charge < -0.3 is 9.47 Å². The molecule has 21 heavy (non-hydrogen) atoms. The van der Waals surface area contributed by atoms with E-state index in [1.807, 2.05) is 24.3 Å². The molecule has 2 rings (SSSR count). The van der Waals surface area contributed by atoms with Gasteiger partial charge in [0.25, 0.3) is 0 Å². The summed E-state index contributed by atoms with van der Waals surface area (Å²) in [4.78, 5) is 0. The summed E-state index contributed by atoms with van der Waals surface area (Å²) in [6, 6.07) is 16.1. The minimum Gasteiger partial charge on any atom is -0.497 e.